The number of non-ortho nitro benzene ring substituents is 1. The highest BCUT2D eigenvalue weighted by atomic mass is 16.6. The number of carbonyl (C=O) groups is 2. The largest absolute Gasteiger partial charge is 0.354 e. The van der Waals surface area contributed by atoms with Crippen LogP contribution in [0.4, 0.5) is 5.69 Å². The first-order valence-corrected chi connectivity index (χ1v) is 10.7. The van der Waals surface area contributed by atoms with E-state index in [1.165, 1.54) is 12.1 Å². The summed E-state index contributed by atoms with van der Waals surface area (Å²) in [5.74, 6) is -1.06. The minimum atomic E-state index is -0.557. The highest BCUT2D eigenvalue weighted by Gasteiger charge is 2.28. The van der Waals surface area contributed by atoms with Crippen LogP contribution in [-0.2, 0) is 4.79 Å². The summed E-state index contributed by atoms with van der Waals surface area (Å²) in [5, 5.41) is 11.7. The summed E-state index contributed by atoms with van der Waals surface area (Å²) in [6.07, 6.45) is 3.55. The molecule has 7 heteroatoms. The van der Waals surface area contributed by atoms with Gasteiger partial charge in [0.2, 0.25) is 0 Å². The number of benzene rings is 2. The molecule has 0 atom stereocenters. The molecule has 162 valence electrons. The lowest BCUT2D eigenvalue weighted by atomic mass is 10.0. The maximum absolute atomic E-state index is 13.4. The number of aromatic nitrogens is 1. The van der Waals surface area contributed by atoms with E-state index in [2.05, 4.69) is 18.8 Å². The van der Waals surface area contributed by atoms with E-state index >= 15 is 0 Å². The van der Waals surface area contributed by atoms with E-state index in [-0.39, 0.29) is 5.69 Å². The number of nitro benzene ring substituents is 1. The molecule has 0 saturated heterocycles. The number of rotatable bonds is 10. The van der Waals surface area contributed by atoms with Crippen molar-refractivity contribution in [1.82, 2.24) is 9.88 Å². The van der Waals surface area contributed by atoms with Crippen LogP contribution in [0, 0.1) is 10.1 Å². The molecular formula is C24H27N3O4. The molecule has 1 aromatic heterocycles. The topological polar surface area (TPSA) is 96.3 Å². The van der Waals surface area contributed by atoms with Gasteiger partial charge in [-0.2, -0.15) is 0 Å². The first kappa shape index (κ1) is 22.2. The maximum atomic E-state index is 13.4. The molecule has 3 aromatic rings. The number of nitrogens with one attached hydrogen (secondary N) is 1. The number of Topliss-reactive ketones (excluding diaryl/α,β-unsaturated/α-hetero) is 1. The van der Waals surface area contributed by atoms with E-state index in [1.54, 1.807) is 17.0 Å². The molecule has 0 saturated carbocycles. The summed E-state index contributed by atoms with van der Waals surface area (Å²) in [5.41, 5.74) is 2.13. The van der Waals surface area contributed by atoms with E-state index < -0.39 is 16.6 Å². The number of fused-ring (bicyclic) bond motifs is 1. The van der Waals surface area contributed by atoms with Crippen molar-refractivity contribution in [3.05, 3.63) is 64.2 Å². The Morgan fingerprint density at radius 2 is 1.58 bits per heavy atom. The zero-order valence-corrected chi connectivity index (χ0v) is 17.9. The van der Waals surface area contributed by atoms with Crippen molar-refractivity contribution in [2.45, 2.75) is 39.5 Å². The lowest BCUT2D eigenvalue weighted by Gasteiger charge is -2.21. The maximum Gasteiger partial charge on any atom is 0.295 e. The van der Waals surface area contributed by atoms with Crippen LogP contribution < -0.4 is 0 Å². The number of aromatic amines is 1. The quantitative estimate of drug-likeness (QED) is 0.206. The van der Waals surface area contributed by atoms with E-state index in [0.717, 1.165) is 31.2 Å². The molecule has 0 unspecified atom stereocenters. The van der Waals surface area contributed by atoms with Crippen LogP contribution in [0.1, 0.15) is 49.9 Å². The molecular weight excluding hydrogens is 394 g/mol. The molecule has 0 spiro atoms. The molecule has 1 heterocycles. The predicted molar refractivity (Wildman–Crippen MR) is 121 cm³/mol. The SMILES string of the molecule is CCCCN(CCCC)C(=O)C(=O)c1c(-c2ccc([N+](=O)[O-])cc2)[nH]c2ccccc12. The first-order chi connectivity index (χ1) is 15.0. The predicted octanol–water partition coefficient (Wildman–Crippen LogP) is 5.35. The Morgan fingerprint density at radius 1 is 0.968 bits per heavy atom. The van der Waals surface area contributed by atoms with Crippen molar-refractivity contribution in [3.63, 3.8) is 0 Å². The molecule has 0 aliphatic rings. The minimum Gasteiger partial charge on any atom is -0.354 e. The number of unbranched alkanes of at least 4 members (excludes halogenated alkanes) is 2. The number of amides is 1. The fourth-order valence-corrected chi connectivity index (χ4v) is 3.61. The molecule has 3 rings (SSSR count). The Bertz CT molecular complexity index is 1080. The first-order valence-electron chi connectivity index (χ1n) is 10.7. The lowest BCUT2D eigenvalue weighted by Crippen LogP contribution is -2.38. The third-order valence-corrected chi connectivity index (χ3v) is 5.34. The molecule has 0 fully saturated rings. The molecule has 1 amide bonds. The minimum absolute atomic E-state index is 0.0332. The van der Waals surface area contributed by atoms with Gasteiger partial charge in [-0.15, -0.1) is 0 Å². The van der Waals surface area contributed by atoms with E-state index in [1.807, 2.05) is 24.3 Å². The van der Waals surface area contributed by atoms with E-state index in [0.29, 0.717) is 35.3 Å². The number of nitro groups is 1. The lowest BCUT2D eigenvalue weighted by molar-refractivity contribution is -0.384. The van der Waals surface area contributed by atoms with Gasteiger partial charge in [-0.25, -0.2) is 0 Å². The fourth-order valence-electron chi connectivity index (χ4n) is 3.61. The Labute approximate surface area is 181 Å². The third kappa shape index (κ3) is 4.82. The number of ketones is 1. The number of hydrogen-bond donors (Lipinski definition) is 1. The zero-order chi connectivity index (χ0) is 22.4. The normalized spacial score (nSPS) is 10.9. The van der Waals surface area contributed by atoms with Crippen LogP contribution in [-0.4, -0.2) is 39.6 Å². The molecule has 2 aromatic carbocycles. The molecule has 0 aliphatic heterocycles. The summed E-state index contributed by atoms with van der Waals surface area (Å²) in [6, 6.07) is 13.3. The molecule has 31 heavy (non-hydrogen) atoms. The Morgan fingerprint density at radius 3 is 2.16 bits per heavy atom. The van der Waals surface area contributed by atoms with Crippen molar-refractivity contribution in [1.29, 1.82) is 0 Å². The molecule has 0 bridgehead atoms. The van der Waals surface area contributed by atoms with E-state index in [4.69, 9.17) is 0 Å². The number of H-pyrrole nitrogens is 1. The van der Waals surface area contributed by atoms with Crippen LogP contribution in [0.5, 0.6) is 0 Å². The zero-order valence-electron chi connectivity index (χ0n) is 17.9. The molecule has 7 nitrogen and oxygen atoms in total. The highest BCUT2D eigenvalue weighted by molar-refractivity contribution is 6.46. The summed E-state index contributed by atoms with van der Waals surface area (Å²) >= 11 is 0. The van der Waals surface area contributed by atoms with Crippen LogP contribution in [0.2, 0.25) is 0 Å². The number of para-hydroxylation sites is 1. The smallest absolute Gasteiger partial charge is 0.295 e. The van der Waals surface area contributed by atoms with Crippen LogP contribution >= 0.6 is 0 Å². The molecule has 1 N–H and O–H groups in total. The van der Waals surface area contributed by atoms with Crippen LogP contribution in [0.25, 0.3) is 22.2 Å². The monoisotopic (exact) mass is 421 g/mol. The second-order valence-electron chi connectivity index (χ2n) is 7.55. The van der Waals surface area contributed by atoms with Gasteiger partial charge in [-0.1, -0.05) is 44.9 Å². The van der Waals surface area contributed by atoms with Crippen LogP contribution in [0.3, 0.4) is 0 Å². The van der Waals surface area contributed by atoms with Gasteiger partial charge in [0.25, 0.3) is 17.4 Å². The van der Waals surface area contributed by atoms with Gasteiger partial charge >= 0.3 is 0 Å². The number of nitrogens with zero attached hydrogens (tertiary/aromatic N) is 2. The average Bonchev–Trinajstić information content (AvgIpc) is 3.18. The van der Waals surface area contributed by atoms with E-state index in [9.17, 15) is 19.7 Å². The Balaban J connectivity index is 2.05. The second-order valence-corrected chi connectivity index (χ2v) is 7.55. The number of hydrogen-bond acceptors (Lipinski definition) is 4. The fraction of sp³-hybridized carbons (Fsp3) is 0.333. The highest BCUT2D eigenvalue weighted by Crippen LogP contribution is 2.32. The van der Waals surface area contributed by atoms with Crippen molar-refractivity contribution in [2.75, 3.05) is 13.1 Å². The van der Waals surface area contributed by atoms with Crippen molar-refractivity contribution < 1.29 is 14.5 Å². The van der Waals surface area contributed by atoms with Crippen molar-refractivity contribution >= 4 is 28.3 Å². The summed E-state index contributed by atoms with van der Waals surface area (Å²) in [6.45, 7) is 5.21. The Kier molecular flexibility index (Phi) is 7.18. The average molecular weight is 421 g/mol. The third-order valence-electron chi connectivity index (χ3n) is 5.34. The molecule has 0 aliphatic carbocycles. The molecule has 0 radical (unpaired) electrons. The van der Waals surface area contributed by atoms with Gasteiger partial charge in [0.1, 0.15) is 0 Å². The van der Waals surface area contributed by atoms with Gasteiger partial charge in [0.05, 0.1) is 16.2 Å². The Hall–Kier alpha value is -3.48. The van der Waals surface area contributed by atoms with Crippen LogP contribution in [0.15, 0.2) is 48.5 Å². The summed E-state index contributed by atoms with van der Waals surface area (Å²) in [7, 11) is 0. The summed E-state index contributed by atoms with van der Waals surface area (Å²) < 4.78 is 0. The summed E-state index contributed by atoms with van der Waals surface area (Å²) in [4.78, 5) is 42.0. The van der Waals surface area contributed by atoms with Gasteiger partial charge in [-0.3, -0.25) is 19.7 Å². The van der Waals surface area contributed by atoms with Crippen molar-refractivity contribution in [3.8, 4) is 11.3 Å². The van der Waals surface area contributed by atoms with Gasteiger partial charge in [0, 0.05) is 36.1 Å². The standard InChI is InChI=1S/C24H27N3O4/c1-3-5-15-26(16-6-4-2)24(29)23(28)21-19-9-7-8-10-20(19)25-22(21)17-11-13-18(14-12-17)27(30)31/h7-14,25H,3-6,15-16H2,1-2H3. The van der Waals surface area contributed by atoms with Crippen molar-refractivity contribution in [2.24, 2.45) is 0 Å². The second kappa shape index (κ2) is 10.0. The van der Waals surface area contributed by atoms with Gasteiger partial charge < -0.3 is 9.88 Å². The van der Waals surface area contributed by atoms with Gasteiger partial charge in [-0.05, 0) is 36.6 Å². The van der Waals surface area contributed by atoms with Gasteiger partial charge in [0.15, 0.2) is 0 Å². The number of carbonyl (C=O) groups excluding carboxylic acids is 2.